The highest BCUT2D eigenvalue weighted by molar-refractivity contribution is 5.90. The molecule has 4 aliphatic heterocycles. The number of phenols is 5. The van der Waals surface area contributed by atoms with Crippen LogP contribution in [0.2, 0.25) is 0 Å². The van der Waals surface area contributed by atoms with Gasteiger partial charge in [0.1, 0.15) is 103 Å². The Morgan fingerprint density at radius 1 is 0.581 bits per heavy atom. The first-order valence-electron chi connectivity index (χ1n) is 26.0. The van der Waals surface area contributed by atoms with E-state index in [1.54, 1.807) is 0 Å². The molecule has 4 aromatic rings. The predicted molar refractivity (Wildman–Crippen MR) is 283 cm³/mol. The van der Waals surface area contributed by atoms with Crippen molar-refractivity contribution in [3.63, 3.8) is 0 Å². The zero-order chi connectivity index (χ0) is 62.3. The third kappa shape index (κ3) is 14.8. The maximum absolute atomic E-state index is 13.6. The van der Waals surface area contributed by atoms with Crippen molar-refractivity contribution in [1.82, 2.24) is 0 Å². The molecule has 3 saturated heterocycles. The number of aliphatic carboxylic acids is 1. The van der Waals surface area contributed by atoms with E-state index in [2.05, 4.69) is 0 Å². The van der Waals surface area contributed by atoms with Gasteiger partial charge in [-0.05, 0) is 65.7 Å². The van der Waals surface area contributed by atoms with Gasteiger partial charge >= 0.3 is 23.9 Å². The van der Waals surface area contributed by atoms with Gasteiger partial charge in [0.15, 0.2) is 47.3 Å². The number of benzene rings is 4. The van der Waals surface area contributed by atoms with E-state index in [0.717, 1.165) is 36.4 Å². The summed E-state index contributed by atoms with van der Waals surface area (Å²) >= 11 is 0. The van der Waals surface area contributed by atoms with E-state index in [-0.39, 0.29) is 51.2 Å². The first kappa shape index (κ1) is 63.5. The van der Waals surface area contributed by atoms with Crippen LogP contribution in [0.5, 0.6) is 51.7 Å². The highest BCUT2D eigenvalue weighted by Crippen LogP contribution is 2.48. The zero-order valence-corrected chi connectivity index (χ0v) is 45.1. The van der Waals surface area contributed by atoms with E-state index >= 15 is 0 Å². The molecule has 8 rings (SSSR count). The molecule has 86 heavy (non-hydrogen) atoms. The fourth-order valence-corrected chi connectivity index (χ4v) is 9.22. The highest BCUT2D eigenvalue weighted by atomic mass is 16.8. The third-order valence-electron chi connectivity index (χ3n) is 13.7. The number of ether oxygens (including phenoxy) is 12. The van der Waals surface area contributed by atoms with Crippen LogP contribution in [0, 0.1) is 0 Å². The number of carbonyl (C=O) groups is 4. The molecule has 0 amide bonds. The van der Waals surface area contributed by atoms with Crippen LogP contribution in [-0.4, -0.2) is 226 Å². The van der Waals surface area contributed by atoms with Crippen LogP contribution in [0.4, 0.5) is 0 Å². The van der Waals surface area contributed by atoms with Crippen LogP contribution in [0.3, 0.4) is 0 Å². The number of fused-ring (bicyclic) bond motifs is 1. The van der Waals surface area contributed by atoms with Gasteiger partial charge in [0.25, 0.3) is 11.9 Å². The number of aliphatic hydroxyl groups is 9. The molecule has 30 heteroatoms. The zero-order valence-electron chi connectivity index (χ0n) is 45.1. The second-order valence-corrected chi connectivity index (χ2v) is 19.6. The highest BCUT2D eigenvalue weighted by Gasteiger charge is 2.54. The van der Waals surface area contributed by atoms with Crippen LogP contribution < -0.4 is 14.2 Å². The third-order valence-corrected chi connectivity index (χ3v) is 13.7. The fourth-order valence-electron chi connectivity index (χ4n) is 9.22. The quantitative estimate of drug-likeness (QED) is 0.0118. The van der Waals surface area contributed by atoms with E-state index in [4.69, 9.17) is 61.9 Å². The van der Waals surface area contributed by atoms with Crippen molar-refractivity contribution in [1.29, 1.82) is 0 Å². The van der Waals surface area contributed by atoms with E-state index < -0.39 is 171 Å². The Bertz CT molecular complexity index is 3140. The van der Waals surface area contributed by atoms with Crippen LogP contribution in [0.15, 0.2) is 84.6 Å². The summed E-state index contributed by atoms with van der Waals surface area (Å²) in [5, 5.41) is 150. The van der Waals surface area contributed by atoms with Crippen molar-refractivity contribution in [2.45, 2.75) is 105 Å². The molecular weight excluding hydrogens is 1150 g/mol. The molecule has 4 aliphatic rings. The number of carbonyl (C=O) groups excluding carboxylic acids is 3. The molecule has 464 valence electrons. The molecule has 0 aromatic heterocycles. The van der Waals surface area contributed by atoms with Gasteiger partial charge in [0.2, 0.25) is 18.3 Å². The summed E-state index contributed by atoms with van der Waals surface area (Å²) in [5.41, 5.74) is 0.599. The lowest BCUT2D eigenvalue weighted by Crippen LogP contribution is -2.65. The number of aliphatic hydroxyl groups excluding tert-OH is 8. The number of aromatic hydroxyl groups is 6. The van der Waals surface area contributed by atoms with Crippen LogP contribution in [-0.2, 0) is 57.1 Å². The number of rotatable bonds is 21. The van der Waals surface area contributed by atoms with Gasteiger partial charge in [-0.3, -0.25) is 9.59 Å². The van der Waals surface area contributed by atoms with E-state index in [1.165, 1.54) is 74.9 Å². The van der Waals surface area contributed by atoms with Crippen molar-refractivity contribution in [2.75, 3.05) is 34.0 Å². The largest absolute Gasteiger partial charge is 0.571 e. The minimum absolute atomic E-state index is 0.0361. The summed E-state index contributed by atoms with van der Waals surface area (Å²) in [6, 6.07) is 13.9. The summed E-state index contributed by atoms with van der Waals surface area (Å²) in [6.45, 7) is -2.65. The maximum Gasteiger partial charge on any atom is 0.331 e. The lowest BCUT2D eigenvalue weighted by molar-refractivity contribution is -0.364. The van der Waals surface area contributed by atoms with Crippen molar-refractivity contribution in [2.24, 2.45) is 0 Å². The van der Waals surface area contributed by atoms with Gasteiger partial charge in [-0.25, -0.2) is 9.59 Å². The molecule has 0 aliphatic carbocycles. The fraction of sp³-hybridized carbons (Fsp3) is 0.393. The SMILES string of the molecule is COc1cc(C=CC(=O)OC2C(OC3C(OC4=Cc5c(OC6OC(COC(=O)CC(=O)O)C(O)C(O)C6O)cc(O)cc5[OH+]C4c4ccc(O)c(O)c4)OC(COC(=O)C=Cc4ccc(O)cc4)C(O)C3O)OC(CO)C(O)C2O)cc(OC)c1O. The molecule has 0 bridgehead atoms. The number of hydrogen-bond donors (Lipinski definition) is 14. The van der Waals surface area contributed by atoms with Gasteiger partial charge < -0.3 is 128 Å². The van der Waals surface area contributed by atoms with Crippen molar-refractivity contribution in [3.05, 3.63) is 107 Å². The second kappa shape index (κ2) is 27.7. The molecule has 30 nitrogen and oxygen atoms in total. The van der Waals surface area contributed by atoms with Gasteiger partial charge in [-0.15, -0.1) is 0 Å². The Morgan fingerprint density at radius 3 is 1.84 bits per heavy atom. The topological polar surface area (TPSA) is 466 Å². The van der Waals surface area contributed by atoms with Gasteiger partial charge in [0, 0.05) is 24.3 Å². The Balaban J connectivity index is 1.16. The number of carboxylic acid groups (broad SMARTS) is 1. The van der Waals surface area contributed by atoms with Crippen LogP contribution in [0.1, 0.15) is 34.8 Å². The standard InChI is InChI=1S/C56H60O30/c1-75-33-13-24(14-34(76-2)43(33)67)6-12-41(65)85-52-48(72)44(68)36(20-57)82-56(52)86-53-49(73)46(70)38(21-77-40(64)11-5-23-3-8-26(58)9-4-23)84-55(53)81-35-18-28-31(79-51(35)25-7-10-29(60)30(61)15-25)16-27(59)17-32(28)80-54-50(74)47(71)45(69)37(83-54)22-78-42(66)19-39(62)63/h3-18,36-38,44-61,67-74H,19-22H2,1-2H3,(H,62,63)/p+1. The number of carboxylic acids is 1. The minimum atomic E-state index is -2.22. The number of methoxy groups -OCH3 is 2. The summed E-state index contributed by atoms with van der Waals surface area (Å²) in [7, 11) is 2.53. The summed E-state index contributed by atoms with van der Waals surface area (Å²) in [6.07, 6.45) is -26.8. The minimum Gasteiger partial charge on any atom is -0.571 e. The Kier molecular flexibility index (Phi) is 20.4. The van der Waals surface area contributed by atoms with Crippen molar-refractivity contribution < 1.29 is 148 Å². The molecule has 16 atom stereocenters. The Hall–Kier alpha value is -8.50. The molecule has 0 saturated carbocycles. The Labute approximate surface area is 485 Å². The lowest BCUT2D eigenvalue weighted by Gasteiger charge is -2.46. The first-order valence-corrected chi connectivity index (χ1v) is 26.0. The molecular formula is C56H61O30+. The number of hydrogen-bond acceptors (Lipinski definition) is 28. The molecule has 4 aromatic carbocycles. The molecule has 0 radical (unpaired) electrons. The normalized spacial score (nSPS) is 29.0. The molecule has 4 heterocycles. The van der Waals surface area contributed by atoms with Gasteiger partial charge in [-0.2, -0.15) is 0 Å². The number of phenolic OH excluding ortho intramolecular Hbond substituents is 5. The van der Waals surface area contributed by atoms with Gasteiger partial charge in [0.05, 0.1) is 32.5 Å². The summed E-state index contributed by atoms with van der Waals surface area (Å²) in [4.78, 5) is 49.8. The summed E-state index contributed by atoms with van der Waals surface area (Å²) in [5.74, 6) is -8.18. The lowest BCUT2D eigenvalue weighted by atomic mass is 9.96. The second-order valence-electron chi connectivity index (χ2n) is 19.6. The predicted octanol–water partition coefficient (Wildman–Crippen LogP) is -1.06. The van der Waals surface area contributed by atoms with Crippen molar-refractivity contribution >= 4 is 42.1 Å². The van der Waals surface area contributed by atoms with E-state index in [0.29, 0.717) is 5.56 Å². The molecule has 3 fully saturated rings. The monoisotopic (exact) mass is 1210 g/mol. The average Bonchev–Trinajstić information content (AvgIpc) is 1.37. The van der Waals surface area contributed by atoms with Crippen molar-refractivity contribution in [3.8, 4) is 51.7 Å². The van der Waals surface area contributed by atoms with E-state index in [9.17, 15) is 85.6 Å². The van der Waals surface area contributed by atoms with E-state index in [1.807, 2.05) is 0 Å². The number of esters is 3. The smallest absolute Gasteiger partial charge is 0.331 e. The van der Waals surface area contributed by atoms with Gasteiger partial charge in [-0.1, -0.05) is 12.1 Å². The van der Waals surface area contributed by atoms with Crippen LogP contribution in [0.25, 0.3) is 18.2 Å². The molecule has 16 unspecified atom stereocenters. The average molecular weight is 1210 g/mol. The summed E-state index contributed by atoms with van der Waals surface area (Å²) < 4.78 is 67.4. The Morgan fingerprint density at radius 2 is 1.19 bits per heavy atom. The van der Waals surface area contributed by atoms with Crippen LogP contribution >= 0.6 is 0 Å². The molecule has 0 spiro atoms. The molecule has 15 N–H and O–H groups in total. The maximum atomic E-state index is 13.6. The first-order chi connectivity index (χ1) is 41.0.